The van der Waals surface area contributed by atoms with E-state index in [1.54, 1.807) is 7.05 Å². The van der Waals surface area contributed by atoms with E-state index in [4.69, 9.17) is 23.2 Å². The molecular formula is C12H14Cl2FNO. The predicted molar refractivity (Wildman–Crippen MR) is 68.3 cm³/mol. The summed E-state index contributed by atoms with van der Waals surface area (Å²) in [6, 6.07) is 2.33. The van der Waals surface area contributed by atoms with Crippen molar-refractivity contribution in [3.63, 3.8) is 0 Å². The number of amides is 1. The summed E-state index contributed by atoms with van der Waals surface area (Å²) in [6.07, 6.45) is 1.89. The molecule has 1 rings (SSSR count). The first-order valence-corrected chi connectivity index (χ1v) is 6.13. The normalized spacial score (nSPS) is 10.4. The van der Waals surface area contributed by atoms with Gasteiger partial charge in [-0.1, -0.05) is 36.5 Å². The van der Waals surface area contributed by atoms with Gasteiger partial charge >= 0.3 is 0 Å². The third-order valence-electron chi connectivity index (χ3n) is 2.43. The smallest absolute Gasteiger partial charge is 0.255 e. The standard InChI is InChI=1S/C12H14Cl2FNO/c1-3-4-5-16(2)12(17)8-6-11(15)10(14)7-9(8)13/h6-7H,3-5H2,1-2H3. The maximum absolute atomic E-state index is 13.3. The van der Waals surface area contributed by atoms with Crippen LogP contribution in [0, 0.1) is 5.82 Å². The van der Waals surface area contributed by atoms with Gasteiger partial charge in [-0.05, 0) is 18.6 Å². The highest BCUT2D eigenvalue weighted by Crippen LogP contribution is 2.25. The number of benzene rings is 1. The molecule has 0 heterocycles. The predicted octanol–water partition coefficient (Wildman–Crippen LogP) is 4.00. The highest BCUT2D eigenvalue weighted by Gasteiger charge is 2.17. The zero-order valence-corrected chi connectivity index (χ0v) is 11.3. The first-order chi connectivity index (χ1) is 7.97. The molecule has 0 radical (unpaired) electrons. The summed E-state index contributed by atoms with van der Waals surface area (Å²) in [5.74, 6) is -0.928. The number of rotatable bonds is 4. The summed E-state index contributed by atoms with van der Waals surface area (Å²) in [5.41, 5.74) is 0.146. The van der Waals surface area contributed by atoms with Gasteiger partial charge in [-0.2, -0.15) is 0 Å². The topological polar surface area (TPSA) is 20.3 Å². The van der Waals surface area contributed by atoms with Crippen LogP contribution in [-0.4, -0.2) is 24.4 Å². The van der Waals surface area contributed by atoms with Gasteiger partial charge < -0.3 is 4.90 Å². The first kappa shape index (κ1) is 14.3. The quantitative estimate of drug-likeness (QED) is 0.762. The van der Waals surface area contributed by atoms with E-state index in [0.717, 1.165) is 18.9 Å². The van der Waals surface area contributed by atoms with E-state index in [2.05, 4.69) is 0 Å². The van der Waals surface area contributed by atoms with Crippen LogP contribution in [0.3, 0.4) is 0 Å². The van der Waals surface area contributed by atoms with Crippen molar-refractivity contribution >= 4 is 29.1 Å². The zero-order chi connectivity index (χ0) is 13.0. The van der Waals surface area contributed by atoms with Crippen LogP contribution in [0.25, 0.3) is 0 Å². The molecule has 0 aliphatic rings. The van der Waals surface area contributed by atoms with E-state index in [1.165, 1.54) is 11.0 Å². The highest BCUT2D eigenvalue weighted by molar-refractivity contribution is 6.36. The maximum atomic E-state index is 13.3. The average Bonchev–Trinajstić information content (AvgIpc) is 2.29. The molecular weight excluding hydrogens is 264 g/mol. The molecule has 0 aliphatic heterocycles. The number of carbonyl (C=O) groups excluding carboxylic acids is 1. The van der Waals surface area contributed by atoms with Crippen LogP contribution in [0.2, 0.25) is 10.0 Å². The Morgan fingerprint density at radius 2 is 2.00 bits per heavy atom. The fourth-order valence-corrected chi connectivity index (χ4v) is 1.85. The monoisotopic (exact) mass is 277 g/mol. The number of hydrogen-bond acceptors (Lipinski definition) is 1. The fraction of sp³-hybridized carbons (Fsp3) is 0.417. The second-order valence-electron chi connectivity index (χ2n) is 3.83. The zero-order valence-electron chi connectivity index (χ0n) is 9.77. The number of unbranched alkanes of at least 4 members (excludes halogenated alkanes) is 1. The highest BCUT2D eigenvalue weighted by atomic mass is 35.5. The summed E-state index contributed by atoms with van der Waals surface area (Å²) >= 11 is 11.4. The molecule has 17 heavy (non-hydrogen) atoms. The van der Waals surface area contributed by atoms with Crippen molar-refractivity contribution in [2.75, 3.05) is 13.6 Å². The lowest BCUT2D eigenvalue weighted by molar-refractivity contribution is 0.0793. The van der Waals surface area contributed by atoms with Crippen LogP contribution < -0.4 is 0 Å². The maximum Gasteiger partial charge on any atom is 0.255 e. The third kappa shape index (κ3) is 3.58. The minimum atomic E-state index is -0.636. The fourth-order valence-electron chi connectivity index (χ4n) is 1.39. The summed E-state index contributed by atoms with van der Waals surface area (Å²) in [6.45, 7) is 2.66. The van der Waals surface area contributed by atoms with Gasteiger partial charge in [-0.25, -0.2) is 4.39 Å². The van der Waals surface area contributed by atoms with Crippen LogP contribution in [0.1, 0.15) is 30.1 Å². The summed E-state index contributed by atoms with van der Waals surface area (Å²) in [4.78, 5) is 13.5. The van der Waals surface area contributed by atoms with Gasteiger partial charge in [0.2, 0.25) is 0 Å². The van der Waals surface area contributed by atoms with Gasteiger partial charge in [0.15, 0.2) is 0 Å². The van der Waals surface area contributed by atoms with Gasteiger partial charge in [-0.15, -0.1) is 0 Å². The van der Waals surface area contributed by atoms with Crippen molar-refractivity contribution < 1.29 is 9.18 Å². The van der Waals surface area contributed by atoms with Crippen molar-refractivity contribution in [2.24, 2.45) is 0 Å². The van der Waals surface area contributed by atoms with E-state index < -0.39 is 5.82 Å². The average molecular weight is 278 g/mol. The van der Waals surface area contributed by atoms with Crippen LogP contribution in [-0.2, 0) is 0 Å². The summed E-state index contributed by atoms with van der Waals surface area (Å²) in [5, 5.41) is 0.0903. The van der Waals surface area contributed by atoms with Gasteiger partial charge in [0.05, 0.1) is 15.6 Å². The Balaban J connectivity index is 2.92. The lowest BCUT2D eigenvalue weighted by Crippen LogP contribution is -2.28. The van der Waals surface area contributed by atoms with Crippen LogP contribution in [0.5, 0.6) is 0 Å². The summed E-state index contributed by atoms with van der Waals surface area (Å²) in [7, 11) is 1.67. The Kier molecular flexibility index (Phi) is 5.22. The molecule has 0 aliphatic carbocycles. The Hall–Kier alpha value is -0.800. The summed E-state index contributed by atoms with van der Waals surface area (Å²) < 4.78 is 13.3. The van der Waals surface area contributed by atoms with E-state index in [-0.39, 0.29) is 21.5 Å². The minimum absolute atomic E-state index is 0.0808. The van der Waals surface area contributed by atoms with Gasteiger partial charge in [0.1, 0.15) is 5.82 Å². The number of hydrogen-bond donors (Lipinski definition) is 0. The minimum Gasteiger partial charge on any atom is -0.342 e. The molecule has 1 amide bonds. The molecule has 0 unspecified atom stereocenters. The molecule has 0 aromatic heterocycles. The number of halogens is 3. The van der Waals surface area contributed by atoms with Gasteiger partial charge in [-0.3, -0.25) is 4.79 Å². The van der Waals surface area contributed by atoms with Crippen LogP contribution in [0.4, 0.5) is 4.39 Å². The van der Waals surface area contributed by atoms with Crippen molar-refractivity contribution in [3.8, 4) is 0 Å². The molecule has 94 valence electrons. The van der Waals surface area contributed by atoms with E-state index >= 15 is 0 Å². The van der Waals surface area contributed by atoms with Crippen molar-refractivity contribution in [1.82, 2.24) is 4.90 Å². The van der Waals surface area contributed by atoms with Crippen LogP contribution >= 0.6 is 23.2 Å². The van der Waals surface area contributed by atoms with E-state index in [9.17, 15) is 9.18 Å². The molecule has 0 bridgehead atoms. The molecule has 0 spiro atoms. The third-order valence-corrected chi connectivity index (χ3v) is 3.04. The lowest BCUT2D eigenvalue weighted by atomic mass is 10.2. The lowest BCUT2D eigenvalue weighted by Gasteiger charge is -2.17. The molecule has 5 heteroatoms. The van der Waals surface area contributed by atoms with E-state index in [0.29, 0.717) is 6.54 Å². The Bertz CT molecular complexity index is 423. The van der Waals surface area contributed by atoms with Crippen molar-refractivity contribution in [2.45, 2.75) is 19.8 Å². The van der Waals surface area contributed by atoms with Crippen molar-refractivity contribution in [3.05, 3.63) is 33.6 Å². The molecule has 0 saturated carbocycles. The SMILES string of the molecule is CCCCN(C)C(=O)c1cc(F)c(Cl)cc1Cl. The van der Waals surface area contributed by atoms with Gasteiger partial charge in [0, 0.05) is 13.6 Å². The molecule has 1 aromatic rings. The Labute approximate surface area is 110 Å². The molecule has 2 nitrogen and oxygen atoms in total. The first-order valence-electron chi connectivity index (χ1n) is 5.37. The molecule has 0 saturated heterocycles. The molecule has 0 fully saturated rings. The number of nitrogens with zero attached hydrogens (tertiary/aromatic N) is 1. The Morgan fingerprint density at radius 3 is 2.59 bits per heavy atom. The molecule has 1 aromatic carbocycles. The Morgan fingerprint density at radius 1 is 1.35 bits per heavy atom. The second kappa shape index (κ2) is 6.22. The van der Waals surface area contributed by atoms with Gasteiger partial charge in [0.25, 0.3) is 5.91 Å². The largest absolute Gasteiger partial charge is 0.342 e. The van der Waals surface area contributed by atoms with E-state index in [1.807, 2.05) is 6.92 Å². The second-order valence-corrected chi connectivity index (χ2v) is 4.64. The van der Waals surface area contributed by atoms with Crippen molar-refractivity contribution in [1.29, 1.82) is 0 Å². The molecule has 0 N–H and O–H groups in total. The number of carbonyl (C=O) groups is 1. The van der Waals surface area contributed by atoms with Crippen LogP contribution in [0.15, 0.2) is 12.1 Å². The molecule has 0 atom stereocenters.